The van der Waals surface area contributed by atoms with E-state index in [9.17, 15) is 19.2 Å². The van der Waals surface area contributed by atoms with Crippen LogP contribution in [0.1, 0.15) is 41.4 Å². The predicted molar refractivity (Wildman–Crippen MR) is 181 cm³/mol. The maximum absolute atomic E-state index is 12.5. The average molecular weight is 697 g/mol. The number of hydrogen-bond donors (Lipinski definition) is 0. The van der Waals surface area contributed by atoms with Gasteiger partial charge in [-0.1, -0.05) is 24.3 Å². The lowest BCUT2D eigenvalue weighted by atomic mass is 10.1. The molecule has 3 aliphatic heterocycles. The van der Waals surface area contributed by atoms with Crippen molar-refractivity contribution in [3.05, 3.63) is 70.8 Å². The summed E-state index contributed by atoms with van der Waals surface area (Å²) in [5, 5.41) is 0. The van der Waals surface area contributed by atoms with Crippen molar-refractivity contribution >= 4 is 23.6 Å². The zero-order valence-electron chi connectivity index (χ0n) is 28.6. The standard InChI is InChI=1S/C36H48N4O10/c41-33-29-5-1-2-6-30(29)34(42)39(33)15-23-45-17-9-37-11-19-47-25-27-49-21-13-38(14-22-50-28-26-48-20-12-37)10-18-46-24-16-40-35(43)31-7-3-4-8-32(31)36(40)44/h1-8H,9-28H2. The summed E-state index contributed by atoms with van der Waals surface area (Å²) in [4.78, 5) is 57.1. The van der Waals surface area contributed by atoms with Crippen molar-refractivity contribution in [3.63, 3.8) is 0 Å². The van der Waals surface area contributed by atoms with E-state index < -0.39 is 0 Å². The Balaban J connectivity index is 0.939. The summed E-state index contributed by atoms with van der Waals surface area (Å²) < 4.78 is 34.9. The van der Waals surface area contributed by atoms with Crippen LogP contribution in [0.3, 0.4) is 0 Å². The minimum atomic E-state index is -0.275. The van der Waals surface area contributed by atoms with Gasteiger partial charge in [0.1, 0.15) is 0 Å². The molecule has 0 N–H and O–H groups in total. The van der Waals surface area contributed by atoms with Gasteiger partial charge in [-0.15, -0.1) is 0 Å². The van der Waals surface area contributed by atoms with Gasteiger partial charge in [0.2, 0.25) is 0 Å². The number of ether oxygens (including phenoxy) is 6. The van der Waals surface area contributed by atoms with Gasteiger partial charge in [0.05, 0.1) is 115 Å². The second-order valence-electron chi connectivity index (χ2n) is 12.0. The first-order chi connectivity index (χ1) is 24.5. The van der Waals surface area contributed by atoms with E-state index in [1.807, 2.05) is 0 Å². The number of benzene rings is 2. The van der Waals surface area contributed by atoms with Crippen LogP contribution in [0.2, 0.25) is 0 Å². The largest absolute Gasteiger partial charge is 0.378 e. The van der Waals surface area contributed by atoms with Crippen LogP contribution < -0.4 is 0 Å². The Morgan fingerprint density at radius 1 is 0.420 bits per heavy atom. The van der Waals surface area contributed by atoms with Gasteiger partial charge in [0.25, 0.3) is 23.6 Å². The van der Waals surface area contributed by atoms with Crippen LogP contribution in [0.5, 0.6) is 0 Å². The second kappa shape index (κ2) is 20.3. The highest BCUT2D eigenvalue weighted by Gasteiger charge is 2.35. The highest BCUT2D eigenvalue weighted by atomic mass is 16.5. The minimum Gasteiger partial charge on any atom is -0.378 e. The van der Waals surface area contributed by atoms with E-state index in [-0.39, 0.29) is 49.9 Å². The molecule has 2 aromatic carbocycles. The van der Waals surface area contributed by atoms with Crippen molar-refractivity contribution in [2.75, 3.05) is 132 Å². The maximum atomic E-state index is 12.5. The molecule has 0 atom stereocenters. The molecule has 0 aliphatic carbocycles. The topological polar surface area (TPSA) is 137 Å². The van der Waals surface area contributed by atoms with Gasteiger partial charge in [0, 0.05) is 39.3 Å². The molecule has 0 unspecified atom stereocenters. The SMILES string of the molecule is O=C1c2ccccc2C(=O)N1CCOCCN1CCOCCOCCN(CCOCCN2C(=O)c3ccccc3C2=O)CCOCCOCC1. The molecule has 3 heterocycles. The first-order valence-corrected chi connectivity index (χ1v) is 17.4. The third-order valence-corrected chi connectivity index (χ3v) is 8.73. The molecule has 0 aromatic heterocycles. The van der Waals surface area contributed by atoms with Crippen molar-refractivity contribution in [1.82, 2.24) is 19.6 Å². The quantitative estimate of drug-likeness (QED) is 0.234. The van der Waals surface area contributed by atoms with E-state index in [1.165, 1.54) is 9.80 Å². The first kappa shape index (κ1) is 37.7. The van der Waals surface area contributed by atoms with Crippen molar-refractivity contribution < 1.29 is 47.6 Å². The smallest absolute Gasteiger partial charge is 0.261 e. The third kappa shape index (κ3) is 10.7. The summed E-state index contributed by atoms with van der Waals surface area (Å²) in [7, 11) is 0. The molecule has 0 spiro atoms. The van der Waals surface area contributed by atoms with Crippen molar-refractivity contribution in [2.45, 2.75) is 0 Å². The molecule has 14 heteroatoms. The number of imide groups is 2. The molecule has 2 aromatic rings. The fourth-order valence-electron chi connectivity index (χ4n) is 5.88. The highest BCUT2D eigenvalue weighted by Crippen LogP contribution is 2.23. The summed E-state index contributed by atoms with van der Waals surface area (Å²) in [5.74, 6) is -1.10. The molecule has 0 saturated carbocycles. The number of rotatable bonds is 12. The first-order valence-electron chi connectivity index (χ1n) is 17.4. The second-order valence-corrected chi connectivity index (χ2v) is 12.0. The Hall–Kier alpha value is -3.60. The average Bonchev–Trinajstić information content (AvgIpc) is 3.52. The molecule has 272 valence electrons. The molecule has 5 rings (SSSR count). The summed E-state index contributed by atoms with van der Waals surface area (Å²) in [5.41, 5.74) is 1.77. The Morgan fingerprint density at radius 3 is 1.00 bits per heavy atom. The van der Waals surface area contributed by atoms with Gasteiger partial charge in [-0.25, -0.2) is 0 Å². The summed E-state index contributed by atoms with van der Waals surface area (Å²) in [6.45, 7) is 10.0. The molecule has 4 amide bonds. The summed E-state index contributed by atoms with van der Waals surface area (Å²) in [6.07, 6.45) is 0. The fourth-order valence-corrected chi connectivity index (χ4v) is 5.88. The molecule has 1 fully saturated rings. The molecule has 50 heavy (non-hydrogen) atoms. The van der Waals surface area contributed by atoms with Gasteiger partial charge in [-0.2, -0.15) is 0 Å². The minimum absolute atomic E-state index is 0.214. The van der Waals surface area contributed by atoms with Crippen LogP contribution in [0.25, 0.3) is 0 Å². The van der Waals surface area contributed by atoms with Crippen molar-refractivity contribution in [1.29, 1.82) is 0 Å². The van der Waals surface area contributed by atoms with Crippen LogP contribution in [0.15, 0.2) is 48.5 Å². The molecular weight excluding hydrogens is 648 g/mol. The van der Waals surface area contributed by atoms with Crippen LogP contribution in [-0.2, 0) is 28.4 Å². The predicted octanol–water partition coefficient (Wildman–Crippen LogP) is 1.30. The Morgan fingerprint density at radius 2 is 0.700 bits per heavy atom. The van der Waals surface area contributed by atoms with Crippen LogP contribution in [-0.4, -0.2) is 175 Å². The van der Waals surface area contributed by atoms with Gasteiger partial charge >= 0.3 is 0 Å². The Kier molecular flexibility index (Phi) is 15.3. The molecule has 0 radical (unpaired) electrons. The lowest BCUT2D eigenvalue weighted by Gasteiger charge is -2.24. The normalized spacial score (nSPS) is 19.4. The lowest BCUT2D eigenvalue weighted by Crippen LogP contribution is -2.36. The molecule has 14 nitrogen and oxygen atoms in total. The van der Waals surface area contributed by atoms with E-state index >= 15 is 0 Å². The van der Waals surface area contributed by atoms with Crippen molar-refractivity contribution in [2.24, 2.45) is 0 Å². The van der Waals surface area contributed by atoms with Gasteiger partial charge < -0.3 is 28.4 Å². The fraction of sp³-hybridized carbons (Fsp3) is 0.556. The summed E-state index contributed by atoms with van der Waals surface area (Å²) >= 11 is 0. The van der Waals surface area contributed by atoms with E-state index in [0.29, 0.717) is 128 Å². The van der Waals surface area contributed by atoms with E-state index in [4.69, 9.17) is 28.4 Å². The zero-order chi connectivity index (χ0) is 35.0. The van der Waals surface area contributed by atoms with E-state index in [0.717, 1.165) is 0 Å². The molecule has 3 aliphatic rings. The monoisotopic (exact) mass is 696 g/mol. The maximum Gasteiger partial charge on any atom is 0.261 e. The van der Waals surface area contributed by atoms with E-state index in [1.54, 1.807) is 48.5 Å². The Bertz CT molecular complexity index is 1230. The zero-order valence-corrected chi connectivity index (χ0v) is 28.6. The van der Waals surface area contributed by atoms with Gasteiger partial charge in [-0.05, 0) is 24.3 Å². The van der Waals surface area contributed by atoms with Gasteiger partial charge in [0.15, 0.2) is 0 Å². The molecular formula is C36H48N4O10. The number of amides is 4. The number of nitrogens with zero attached hydrogens (tertiary/aromatic N) is 4. The van der Waals surface area contributed by atoms with Crippen LogP contribution in [0.4, 0.5) is 0 Å². The number of fused-ring (bicyclic) bond motifs is 2. The highest BCUT2D eigenvalue weighted by molar-refractivity contribution is 6.22. The van der Waals surface area contributed by atoms with E-state index in [2.05, 4.69) is 9.80 Å². The summed E-state index contributed by atoms with van der Waals surface area (Å²) in [6, 6.07) is 13.7. The third-order valence-electron chi connectivity index (χ3n) is 8.73. The van der Waals surface area contributed by atoms with Crippen molar-refractivity contribution in [3.8, 4) is 0 Å². The lowest BCUT2D eigenvalue weighted by molar-refractivity contribution is 0.000215. The number of carbonyl (C=O) groups is 4. The number of hydrogen-bond acceptors (Lipinski definition) is 12. The van der Waals surface area contributed by atoms with Crippen LogP contribution >= 0.6 is 0 Å². The van der Waals surface area contributed by atoms with Crippen LogP contribution in [0, 0.1) is 0 Å². The van der Waals surface area contributed by atoms with Gasteiger partial charge in [-0.3, -0.25) is 38.8 Å². The molecule has 1 saturated heterocycles. The Labute approximate surface area is 293 Å². The molecule has 0 bridgehead atoms. The number of carbonyl (C=O) groups excluding carboxylic acids is 4.